The van der Waals surface area contributed by atoms with Gasteiger partial charge in [-0.3, -0.25) is 0 Å². The summed E-state index contributed by atoms with van der Waals surface area (Å²) in [5.74, 6) is 1.35. The van der Waals surface area contributed by atoms with Crippen LogP contribution in [0.15, 0.2) is 0 Å². The largest absolute Gasteiger partial charge is 0.308 e. The lowest BCUT2D eigenvalue weighted by atomic mass is 9.83. The van der Waals surface area contributed by atoms with Crippen molar-refractivity contribution >= 4 is 16.3 Å². The third-order valence-corrected chi connectivity index (χ3v) is 4.83. The maximum atomic E-state index is 4.69. The molecule has 0 saturated carbocycles. The molecule has 0 amide bonds. The van der Waals surface area contributed by atoms with Gasteiger partial charge in [-0.2, -0.15) is 5.10 Å². The Kier molecular flexibility index (Phi) is 2.94. The fourth-order valence-electron chi connectivity index (χ4n) is 2.64. The quantitative estimate of drug-likeness (QED) is 0.871. The van der Waals surface area contributed by atoms with E-state index >= 15 is 0 Å². The first-order chi connectivity index (χ1) is 8.88. The van der Waals surface area contributed by atoms with Crippen molar-refractivity contribution in [2.24, 2.45) is 5.41 Å². The van der Waals surface area contributed by atoms with Gasteiger partial charge in [0.15, 0.2) is 5.82 Å². The van der Waals surface area contributed by atoms with Crippen LogP contribution >= 0.6 is 11.3 Å². The van der Waals surface area contributed by atoms with Gasteiger partial charge in [0.25, 0.3) is 0 Å². The van der Waals surface area contributed by atoms with Crippen molar-refractivity contribution in [3.05, 3.63) is 16.4 Å². The lowest BCUT2D eigenvalue weighted by Crippen LogP contribution is -2.37. The Bertz CT molecular complexity index is 603. The highest BCUT2D eigenvalue weighted by molar-refractivity contribution is 7.17. The molecule has 5 heteroatoms. The minimum atomic E-state index is 0.221. The summed E-state index contributed by atoms with van der Waals surface area (Å²) in [5, 5.41) is 8.34. The number of nitrogens with one attached hydrogen (secondary N) is 1. The van der Waals surface area contributed by atoms with Gasteiger partial charge >= 0.3 is 0 Å². The van der Waals surface area contributed by atoms with Gasteiger partial charge in [-0.1, -0.05) is 46.0 Å². The molecule has 4 nitrogen and oxygen atoms in total. The second-order valence-electron chi connectivity index (χ2n) is 6.74. The van der Waals surface area contributed by atoms with Crippen LogP contribution < -0.4 is 5.32 Å². The predicted molar refractivity (Wildman–Crippen MR) is 78.9 cm³/mol. The van der Waals surface area contributed by atoms with E-state index in [9.17, 15) is 0 Å². The van der Waals surface area contributed by atoms with Crippen molar-refractivity contribution in [2.45, 2.75) is 53.0 Å². The van der Waals surface area contributed by atoms with Crippen LogP contribution in [0.5, 0.6) is 0 Å². The number of aromatic nitrogens is 3. The monoisotopic (exact) mass is 278 g/mol. The minimum Gasteiger partial charge on any atom is -0.308 e. The molecular weight excluding hydrogens is 256 g/mol. The topological polar surface area (TPSA) is 42.2 Å². The molecule has 1 atom stereocenters. The van der Waals surface area contributed by atoms with Gasteiger partial charge in [-0.15, -0.1) is 0 Å². The summed E-state index contributed by atoms with van der Waals surface area (Å²) in [6, 6.07) is 0.409. The number of nitrogens with zero attached hydrogens (tertiary/aromatic N) is 3. The molecule has 0 spiro atoms. The maximum Gasteiger partial charge on any atom is 0.212 e. The van der Waals surface area contributed by atoms with Gasteiger partial charge < -0.3 is 5.32 Å². The smallest absolute Gasteiger partial charge is 0.212 e. The second-order valence-corrected chi connectivity index (χ2v) is 7.74. The first kappa shape index (κ1) is 13.1. The minimum absolute atomic E-state index is 0.221. The highest BCUT2D eigenvalue weighted by Gasteiger charge is 2.34. The lowest BCUT2D eigenvalue weighted by Gasteiger charge is -2.34. The maximum absolute atomic E-state index is 4.69. The van der Waals surface area contributed by atoms with Gasteiger partial charge in [-0.05, 0) is 5.41 Å². The van der Waals surface area contributed by atoms with E-state index in [4.69, 9.17) is 5.10 Å². The summed E-state index contributed by atoms with van der Waals surface area (Å²) < 4.78 is 2.08. The highest BCUT2D eigenvalue weighted by Crippen LogP contribution is 2.40. The molecule has 1 aliphatic heterocycles. The van der Waals surface area contributed by atoms with Gasteiger partial charge in [0.1, 0.15) is 0 Å². The molecule has 1 aliphatic rings. The number of hydrogen-bond acceptors (Lipinski definition) is 4. The number of hydrogen-bond donors (Lipinski definition) is 1. The number of fused-ring (bicyclic) bond motifs is 3. The average molecular weight is 278 g/mol. The average Bonchev–Trinajstić information content (AvgIpc) is 2.83. The molecule has 0 bridgehead atoms. The van der Waals surface area contributed by atoms with E-state index in [1.54, 1.807) is 11.3 Å². The van der Waals surface area contributed by atoms with Crippen molar-refractivity contribution in [1.82, 2.24) is 19.9 Å². The van der Waals surface area contributed by atoms with Crippen molar-refractivity contribution in [2.75, 3.05) is 6.54 Å². The fraction of sp³-hybridized carbons (Fsp3) is 0.714. The third-order valence-electron chi connectivity index (χ3n) is 3.69. The standard InChI is InChI=1S/C14H22N4S/c1-8(2)12-16-13-18(17-12)9-6-7-15-11(10(9)19-13)14(3,4)5/h8,11,15H,6-7H2,1-5H3. The summed E-state index contributed by atoms with van der Waals surface area (Å²) >= 11 is 1.80. The van der Waals surface area contributed by atoms with E-state index in [-0.39, 0.29) is 5.41 Å². The third kappa shape index (κ3) is 2.09. The summed E-state index contributed by atoms with van der Waals surface area (Å²) in [5.41, 5.74) is 1.58. The van der Waals surface area contributed by atoms with Crippen LogP contribution in [0.2, 0.25) is 0 Å². The van der Waals surface area contributed by atoms with E-state index in [0.717, 1.165) is 23.8 Å². The molecule has 0 aliphatic carbocycles. The molecule has 0 fully saturated rings. The molecule has 0 saturated heterocycles. The van der Waals surface area contributed by atoms with Crippen LogP contribution in [0, 0.1) is 5.41 Å². The molecule has 3 heterocycles. The van der Waals surface area contributed by atoms with E-state index in [1.807, 2.05) is 0 Å². The second kappa shape index (κ2) is 4.28. The van der Waals surface area contributed by atoms with E-state index < -0.39 is 0 Å². The van der Waals surface area contributed by atoms with E-state index in [1.165, 1.54) is 10.6 Å². The van der Waals surface area contributed by atoms with Crippen molar-refractivity contribution in [1.29, 1.82) is 0 Å². The van der Waals surface area contributed by atoms with Gasteiger partial charge in [-0.25, -0.2) is 9.50 Å². The summed E-state index contributed by atoms with van der Waals surface area (Å²) in [7, 11) is 0. The van der Waals surface area contributed by atoms with E-state index in [0.29, 0.717) is 12.0 Å². The van der Waals surface area contributed by atoms with Crippen molar-refractivity contribution in [3.8, 4) is 0 Å². The van der Waals surface area contributed by atoms with Crippen LogP contribution in [0.25, 0.3) is 4.96 Å². The molecule has 2 aromatic rings. The Morgan fingerprint density at radius 3 is 2.74 bits per heavy atom. The Balaban J connectivity index is 2.12. The number of rotatable bonds is 1. The molecular formula is C14H22N4S. The fourth-order valence-corrected chi connectivity index (χ4v) is 4.08. The molecule has 3 rings (SSSR count). The van der Waals surface area contributed by atoms with Crippen LogP contribution in [0.1, 0.15) is 63.0 Å². The zero-order valence-electron chi connectivity index (χ0n) is 12.3. The van der Waals surface area contributed by atoms with Gasteiger partial charge in [0, 0.05) is 29.8 Å². The Labute approximate surface area is 118 Å². The molecule has 19 heavy (non-hydrogen) atoms. The lowest BCUT2D eigenvalue weighted by molar-refractivity contribution is 0.266. The first-order valence-electron chi connectivity index (χ1n) is 6.99. The van der Waals surface area contributed by atoms with Crippen LogP contribution in [-0.2, 0) is 6.42 Å². The zero-order valence-corrected chi connectivity index (χ0v) is 13.1. The van der Waals surface area contributed by atoms with Gasteiger partial charge in [0.05, 0.1) is 5.69 Å². The van der Waals surface area contributed by atoms with Crippen LogP contribution in [0.3, 0.4) is 0 Å². The van der Waals surface area contributed by atoms with Gasteiger partial charge in [0.2, 0.25) is 4.96 Å². The van der Waals surface area contributed by atoms with Crippen molar-refractivity contribution in [3.63, 3.8) is 0 Å². The highest BCUT2D eigenvalue weighted by atomic mass is 32.1. The first-order valence-corrected chi connectivity index (χ1v) is 7.81. The molecule has 104 valence electrons. The molecule has 2 aromatic heterocycles. The molecule has 1 unspecified atom stereocenters. The summed E-state index contributed by atoms with van der Waals surface area (Å²) in [6.07, 6.45) is 1.04. The van der Waals surface area contributed by atoms with Crippen LogP contribution in [0.4, 0.5) is 0 Å². The molecule has 1 N–H and O–H groups in total. The molecule has 0 aromatic carbocycles. The zero-order chi connectivity index (χ0) is 13.8. The van der Waals surface area contributed by atoms with Crippen molar-refractivity contribution < 1.29 is 0 Å². The Morgan fingerprint density at radius 1 is 1.37 bits per heavy atom. The predicted octanol–water partition coefficient (Wildman–Crippen LogP) is 3.15. The number of thiazole rings is 1. The normalized spacial score (nSPS) is 20.2. The van der Waals surface area contributed by atoms with Crippen LogP contribution in [-0.4, -0.2) is 21.1 Å². The summed E-state index contributed by atoms with van der Waals surface area (Å²) in [4.78, 5) is 7.14. The summed E-state index contributed by atoms with van der Waals surface area (Å²) in [6.45, 7) is 12.2. The Morgan fingerprint density at radius 2 is 2.11 bits per heavy atom. The molecule has 0 radical (unpaired) electrons. The Hall–Kier alpha value is -0.940. The van der Waals surface area contributed by atoms with E-state index in [2.05, 4.69) is 49.4 Å². The SMILES string of the molecule is CC(C)c1nc2sc3c(n2n1)CCNC3C(C)(C)C.